The van der Waals surface area contributed by atoms with Crippen molar-refractivity contribution in [1.82, 2.24) is 19.8 Å². The maximum atomic E-state index is 14.0. The minimum absolute atomic E-state index is 0.118. The van der Waals surface area contributed by atoms with Crippen molar-refractivity contribution >= 4 is 40.4 Å². The van der Waals surface area contributed by atoms with Crippen molar-refractivity contribution in [2.75, 3.05) is 6.54 Å². The number of imidazole rings is 1. The van der Waals surface area contributed by atoms with E-state index in [1.807, 2.05) is 78.6 Å². The van der Waals surface area contributed by atoms with Gasteiger partial charge in [-0.3, -0.25) is 14.4 Å². The summed E-state index contributed by atoms with van der Waals surface area (Å²) < 4.78 is 7.74. The summed E-state index contributed by atoms with van der Waals surface area (Å²) in [6.07, 6.45) is 1.48. The molecule has 43 heavy (non-hydrogen) atoms. The molecule has 9 heteroatoms. The minimum Gasteiger partial charge on any atom is -0.451 e. The molecular formula is C34H35ClN4O4. The number of hydrogen-bond acceptors (Lipinski definition) is 5. The Morgan fingerprint density at radius 3 is 2.51 bits per heavy atom. The van der Waals surface area contributed by atoms with Crippen molar-refractivity contribution in [3.63, 3.8) is 0 Å². The number of rotatable bonds is 9. The number of nitrogens with zero attached hydrogens (tertiary/aromatic N) is 3. The number of ether oxygens (including phenoxy) is 1. The highest BCUT2D eigenvalue weighted by molar-refractivity contribution is 6.30. The zero-order chi connectivity index (χ0) is 30.1. The first-order valence-electron chi connectivity index (χ1n) is 14.8. The molecular weight excluding hydrogens is 564 g/mol. The highest BCUT2D eigenvalue weighted by atomic mass is 35.5. The summed E-state index contributed by atoms with van der Waals surface area (Å²) in [5, 5.41) is 3.54. The Kier molecular flexibility index (Phi) is 7.97. The number of hydrogen-bond donors (Lipinski definition) is 1. The van der Waals surface area contributed by atoms with Gasteiger partial charge in [0.15, 0.2) is 6.10 Å². The summed E-state index contributed by atoms with van der Waals surface area (Å²) in [5.74, 6) is -0.226. The van der Waals surface area contributed by atoms with E-state index in [0.29, 0.717) is 31.0 Å². The molecule has 8 nitrogen and oxygen atoms in total. The Morgan fingerprint density at radius 1 is 1.05 bits per heavy atom. The zero-order valence-corrected chi connectivity index (χ0v) is 25.1. The van der Waals surface area contributed by atoms with E-state index in [1.54, 1.807) is 0 Å². The first-order chi connectivity index (χ1) is 20.7. The molecule has 1 N–H and O–H groups in total. The largest absolute Gasteiger partial charge is 0.451 e. The zero-order valence-electron chi connectivity index (χ0n) is 24.4. The quantitative estimate of drug-likeness (QED) is 0.248. The Bertz CT molecular complexity index is 1680. The lowest BCUT2D eigenvalue weighted by Gasteiger charge is -2.32. The smallest absolute Gasteiger partial charge is 0.303 e. The highest BCUT2D eigenvalue weighted by Crippen LogP contribution is 2.53. The molecule has 2 amide bonds. The van der Waals surface area contributed by atoms with Crippen LogP contribution in [0.5, 0.6) is 0 Å². The first kappa shape index (κ1) is 28.9. The second-order valence-corrected chi connectivity index (χ2v) is 12.1. The predicted molar refractivity (Wildman–Crippen MR) is 164 cm³/mol. The molecule has 2 aliphatic rings. The molecule has 0 spiro atoms. The average Bonchev–Trinajstić information content (AvgIpc) is 3.54. The molecule has 2 heterocycles. The number of carbonyl (C=O) groups excluding carboxylic acids is 3. The lowest BCUT2D eigenvalue weighted by molar-refractivity contribution is -0.164. The average molecular weight is 599 g/mol. The van der Waals surface area contributed by atoms with Gasteiger partial charge < -0.3 is 19.5 Å². The molecule has 6 rings (SSSR count). The number of aryl methyl sites for hydroxylation is 1. The predicted octanol–water partition coefficient (Wildman–Crippen LogP) is 5.74. The van der Waals surface area contributed by atoms with Crippen molar-refractivity contribution in [3.8, 4) is 0 Å². The summed E-state index contributed by atoms with van der Waals surface area (Å²) in [4.78, 5) is 46.1. The van der Waals surface area contributed by atoms with Crippen LogP contribution in [0.15, 0.2) is 72.8 Å². The Labute approximate surface area is 256 Å². The number of benzene rings is 3. The van der Waals surface area contributed by atoms with Crippen LogP contribution >= 0.6 is 11.6 Å². The van der Waals surface area contributed by atoms with Gasteiger partial charge in [-0.05, 0) is 73.6 Å². The second kappa shape index (κ2) is 11.8. The number of halogens is 1. The van der Waals surface area contributed by atoms with Gasteiger partial charge in [0.1, 0.15) is 5.82 Å². The molecule has 1 aromatic heterocycles. The standard InChI is InChI=1S/C34H35ClN4O4/c1-22-37-28-9-3-4-10-30(28)39(22)21-25-14-12-24(13-15-25)20-36-32(41)31(43-23(2)40)34(16-17-34)33(42)38-18-6-11-29(38)26-7-5-8-27(35)19-26/h3-5,7-10,12-15,19,29,31H,6,11,16-18,20-21H2,1-2H3,(H,36,41)/t29?,31-/m0/s1. The summed E-state index contributed by atoms with van der Waals surface area (Å²) in [7, 11) is 0. The van der Waals surface area contributed by atoms with E-state index in [9.17, 15) is 14.4 Å². The molecule has 2 fully saturated rings. The van der Waals surface area contributed by atoms with Crippen LogP contribution in [0.4, 0.5) is 0 Å². The van der Waals surface area contributed by atoms with Crippen molar-refractivity contribution in [2.24, 2.45) is 5.41 Å². The van der Waals surface area contributed by atoms with Gasteiger partial charge in [0.25, 0.3) is 5.91 Å². The fraction of sp³-hybridized carbons (Fsp3) is 0.353. The third-order valence-electron chi connectivity index (χ3n) is 8.66. The number of fused-ring (bicyclic) bond motifs is 1. The van der Waals surface area contributed by atoms with Crippen LogP contribution in [-0.2, 0) is 32.2 Å². The number of aromatic nitrogens is 2. The van der Waals surface area contributed by atoms with Crippen LogP contribution in [0.3, 0.4) is 0 Å². The summed E-state index contributed by atoms with van der Waals surface area (Å²) in [6, 6.07) is 23.5. The second-order valence-electron chi connectivity index (χ2n) is 11.6. The highest BCUT2D eigenvalue weighted by Gasteiger charge is 2.62. The summed E-state index contributed by atoms with van der Waals surface area (Å²) >= 11 is 6.24. The Hall–Kier alpha value is -4.17. The third-order valence-corrected chi connectivity index (χ3v) is 8.90. The third kappa shape index (κ3) is 5.89. The Balaban J connectivity index is 1.13. The van der Waals surface area contributed by atoms with E-state index in [1.165, 1.54) is 6.92 Å². The normalized spacial score (nSPS) is 17.9. The van der Waals surface area contributed by atoms with Crippen molar-refractivity contribution in [2.45, 2.75) is 64.8 Å². The van der Waals surface area contributed by atoms with Gasteiger partial charge in [-0.15, -0.1) is 0 Å². The number of esters is 1. The molecule has 0 bridgehead atoms. The SMILES string of the molecule is CC(=O)O[C@@H](C(=O)NCc1ccc(Cn2c(C)nc3ccccc32)cc1)C1(C(=O)N2CCCC2c2cccc(Cl)c2)CC1. The van der Waals surface area contributed by atoms with Crippen LogP contribution in [-0.4, -0.2) is 44.9 Å². The van der Waals surface area contributed by atoms with E-state index in [2.05, 4.69) is 20.9 Å². The maximum Gasteiger partial charge on any atom is 0.303 e. The van der Waals surface area contributed by atoms with Crippen LogP contribution in [0.25, 0.3) is 11.0 Å². The van der Waals surface area contributed by atoms with Crippen molar-refractivity contribution in [1.29, 1.82) is 0 Å². The van der Waals surface area contributed by atoms with E-state index in [0.717, 1.165) is 46.4 Å². The fourth-order valence-corrected chi connectivity index (χ4v) is 6.48. The molecule has 3 aromatic carbocycles. The molecule has 1 unspecified atom stereocenters. The van der Waals surface area contributed by atoms with Gasteiger partial charge in [0.2, 0.25) is 5.91 Å². The molecule has 1 saturated carbocycles. The monoisotopic (exact) mass is 598 g/mol. The van der Waals surface area contributed by atoms with Crippen molar-refractivity contribution in [3.05, 3.63) is 100 Å². The van der Waals surface area contributed by atoms with Crippen molar-refractivity contribution < 1.29 is 19.1 Å². The van der Waals surface area contributed by atoms with Crippen LogP contribution in [0, 0.1) is 12.3 Å². The summed E-state index contributed by atoms with van der Waals surface area (Å²) in [6.45, 7) is 4.80. The molecule has 222 valence electrons. The van der Waals surface area contributed by atoms with Gasteiger partial charge in [-0.1, -0.05) is 60.1 Å². The van der Waals surface area contributed by atoms with E-state index in [-0.39, 0.29) is 18.5 Å². The molecule has 2 atom stereocenters. The van der Waals surface area contributed by atoms with E-state index >= 15 is 0 Å². The number of para-hydroxylation sites is 2. The first-order valence-corrected chi connectivity index (χ1v) is 15.1. The van der Waals surface area contributed by atoms with E-state index in [4.69, 9.17) is 16.3 Å². The van der Waals surface area contributed by atoms with Gasteiger partial charge in [0, 0.05) is 31.6 Å². The van der Waals surface area contributed by atoms with Gasteiger partial charge in [0.05, 0.1) is 22.5 Å². The van der Waals surface area contributed by atoms with Gasteiger partial charge in [-0.25, -0.2) is 4.98 Å². The molecule has 1 aliphatic heterocycles. The minimum atomic E-state index is -1.19. The molecule has 1 aliphatic carbocycles. The topological polar surface area (TPSA) is 93.5 Å². The lowest BCUT2D eigenvalue weighted by atomic mass is 9.94. The lowest BCUT2D eigenvalue weighted by Crippen LogP contribution is -2.50. The van der Waals surface area contributed by atoms with Crippen LogP contribution < -0.4 is 5.32 Å². The number of amides is 2. The van der Waals surface area contributed by atoms with Gasteiger partial charge in [-0.2, -0.15) is 0 Å². The number of carbonyl (C=O) groups is 3. The molecule has 4 aromatic rings. The maximum absolute atomic E-state index is 14.0. The summed E-state index contributed by atoms with van der Waals surface area (Å²) in [5.41, 5.74) is 4.00. The van der Waals surface area contributed by atoms with Crippen LogP contribution in [0.2, 0.25) is 5.02 Å². The molecule has 0 radical (unpaired) electrons. The Morgan fingerprint density at radius 2 is 1.79 bits per heavy atom. The van der Waals surface area contributed by atoms with Gasteiger partial charge >= 0.3 is 5.97 Å². The number of likely N-dealkylation sites (tertiary alicyclic amines) is 1. The van der Waals surface area contributed by atoms with E-state index < -0.39 is 23.4 Å². The number of nitrogens with one attached hydrogen (secondary N) is 1. The molecule has 1 saturated heterocycles. The van der Waals surface area contributed by atoms with Crippen LogP contribution in [0.1, 0.15) is 61.2 Å². The fourth-order valence-electron chi connectivity index (χ4n) is 6.28.